The van der Waals surface area contributed by atoms with Crippen LogP contribution < -0.4 is 5.73 Å². The number of hydrogen-bond donors (Lipinski definition) is 2. The van der Waals surface area contributed by atoms with E-state index in [2.05, 4.69) is 16.9 Å². The van der Waals surface area contributed by atoms with Crippen LogP contribution in [0.1, 0.15) is 53.8 Å². The van der Waals surface area contributed by atoms with Crippen LogP contribution in [0.4, 0.5) is 0 Å². The van der Waals surface area contributed by atoms with Gasteiger partial charge >= 0.3 is 0 Å². The minimum absolute atomic E-state index is 0.0433. The van der Waals surface area contributed by atoms with Crippen LogP contribution in [-0.2, 0) is 17.5 Å². The summed E-state index contributed by atoms with van der Waals surface area (Å²) in [7, 11) is -1.20. The lowest BCUT2D eigenvalue weighted by atomic mass is 9.94. The summed E-state index contributed by atoms with van der Waals surface area (Å²) in [6.45, 7) is 2.45. The number of rotatable bonds is 9. The van der Waals surface area contributed by atoms with E-state index >= 15 is 0 Å². The zero-order valence-corrected chi connectivity index (χ0v) is 19.4. The molecule has 0 spiro atoms. The van der Waals surface area contributed by atoms with Crippen molar-refractivity contribution in [1.82, 2.24) is 14.3 Å². The summed E-state index contributed by atoms with van der Waals surface area (Å²) in [6.07, 6.45) is 5.76. The number of pyridine rings is 2. The maximum atomic E-state index is 13.1. The van der Waals surface area contributed by atoms with Crippen molar-refractivity contribution in [3.8, 4) is 22.4 Å². The highest BCUT2D eigenvalue weighted by Crippen LogP contribution is 2.43. The lowest BCUT2D eigenvalue weighted by molar-refractivity contribution is 0.0995. The molecule has 3 heterocycles. The summed E-state index contributed by atoms with van der Waals surface area (Å²) in [6, 6.07) is 13.2. The number of nitrogens with zero attached hydrogens (tertiary/aromatic N) is 3. The molecule has 172 valence electrons. The summed E-state index contributed by atoms with van der Waals surface area (Å²) in [5.41, 5.74) is 11.0. The SMILES string of the molecule is CCCCS(=O)N1Cc2cc(C(N)=O)nc(-c3cccc(-c4cccnc4)c3)c2[C@H]1CCO. The van der Waals surface area contributed by atoms with E-state index in [4.69, 9.17) is 5.73 Å². The van der Waals surface area contributed by atoms with Crippen LogP contribution in [-0.4, -0.2) is 41.9 Å². The predicted molar refractivity (Wildman–Crippen MR) is 129 cm³/mol. The minimum Gasteiger partial charge on any atom is -0.396 e. The highest BCUT2D eigenvalue weighted by atomic mass is 32.2. The fourth-order valence-electron chi connectivity index (χ4n) is 4.27. The number of nitrogens with two attached hydrogens (primary N) is 1. The quantitative estimate of drug-likeness (QED) is 0.503. The number of benzene rings is 1. The van der Waals surface area contributed by atoms with E-state index < -0.39 is 16.9 Å². The Morgan fingerprint density at radius 3 is 2.70 bits per heavy atom. The van der Waals surface area contributed by atoms with E-state index in [1.807, 2.05) is 40.7 Å². The number of aromatic nitrogens is 2. The first kappa shape index (κ1) is 23.2. The third kappa shape index (κ3) is 4.88. The van der Waals surface area contributed by atoms with Gasteiger partial charge in [0, 0.05) is 48.0 Å². The Labute approximate surface area is 196 Å². The van der Waals surface area contributed by atoms with E-state index in [9.17, 15) is 14.1 Å². The molecule has 0 fully saturated rings. The van der Waals surface area contributed by atoms with Gasteiger partial charge in [-0.3, -0.25) is 9.78 Å². The van der Waals surface area contributed by atoms with Gasteiger partial charge in [-0.15, -0.1) is 0 Å². The molecule has 1 aliphatic heterocycles. The van der Waals surface area contributed by atoms with Crippen LogP contribution in [0.3, 0.4) is 0 Å². The van der Waals surface area contributed by atoms with Gasteiger partial charge in [0.05, 0.1) is 22.7 Å². The molecular formula is C25H28N4O3S. The van der Waals surface area contributed by atoms with Crippen LogP contribution in [0.2, 0.25) is 0 Å². The van der Waals surface area contributed by atoms with Crippen molar-refractivity contribution < 1.29 is 14.1 Å². The maximum Gasteiger partial charge on any atom is 0.267 e. The van der Waals surface area contributed by atoms with E-state index in [1.165, 1.54) is 0 Å². The molecule has 0 bridgehead atoms. The second-order valence-electron chi connectivity index (χ2n) is 8.10. The zero-order chi connectivity index (χ0) is 23.4. The Balaban J connectivity index is 1.84. The zero-order valence-electron chi connectivity index (χ0n) is 18.6. The van der Waals surface area contributed by atoms with Gasteiger partial charge in [-0.05, 0) is 42.2 Å². The first-order chi connectivity index (χ1) is 16.0. The summed E-state index contributed by atoms with van der Waals surface area (Å²) >= 11 is 0. The molecule has 2 atom stereocenters. The molecule has 3 N–H and O–H groups in total. The molecule has 7 nitrogen and oxygen atoms in total. The lowest BCUT2D eigenvalue weighted by Crippen LogP contribution is -2.27. The number of fused-ring (bicyclic) bond motifs is 1. The van der Waals surface area contributed by atoms with Gasteiger partial charge in [0.15, 0.2) is 0 Å². The Hall–Kier alpha value is -2.94. The standard InChI is InChI=1S/C25H28N4O3S/c1-2-3-12-33(32)29-16-20-14-21(25(26)31)28-24(23(20)22(29)9-11-30)18-7-4-6-17(13-18)19-8-5-10-27-15-19/h4-8,10,13-15,22,30H,2-3,9,11-12,16H2,1H3,(H2,26,31)/t22-,33?/m1/s1. The van der Waals surface area contributed by atoms with Gasteiger partial charge in [0.1, 0.15) is 5.69 Å². The number of aliphatic hydroxyl groups is 1. The first-order valence-electron chi connectivity index (χ1n) is 11.1. The molecular weight excluding hydrogens is 436 g/mol. The molecule has 8 heteroatoms. The number of carbonyl (C=O) groups is 1. The number of unbranched alkanes of at least 4 members (excludes halogenated alkanes) is 1. The summed E-state index contributed by atoms with van der Waals surface area (Å²) < 4.78 is 15.0. The molecule has 0 saturated heterocycles. The molecule has 1 aliphatic rings. The Bertz CT molecular complexity index is 1170. The Morgan fingerprint density at radius 1 is 1.21 bits per heavy atom. The van der Waals surface area contributed by atoms with Gasteiger partial charge in [-0.1, -0.05) is 37.6 Å². The highest BCUT2D eigenvalue weighted by Gasteiger charge is 2.37. The second-order valence-corrected chi connectivity index (χ2v) is 9.62. The van der Waals surface area contributed by atoms with E-state index in [0.717, 1.165) is 40.7 Å². The number of aliphatic hydroxyl groups excluding tert-OH is 1. The summed E-state index contributed by atoms with van der Waals surface area (Å²) in [5.74, 6) is -0.0410. The fraction of sp³-hybridized carbons (Fsp3) is 0.320. The average Bonchev–Trinajstić information content (AvgIpc) is 3.21. The van der Waals surface area contributed by atoms with Gasteiger partial charge in [0.25, 0.3) is 5.91 Å². The van der Waals surface area contributed by atoms with E-state index in [1.54, 1.807) is 18.5 Å². The molecule has 1 amide bonds. The number of amides is 1. The topological polar surface area (TPSA) is 109 Å². The lowest BCUT2D eigenvalue weighted by Gasteiger charge is -2.24. The van der Waals surface area contributed by atoms with Crippen molar-refractivity contribution in [3.05, 3.63) is 71.7 Å². The van der Waals surface area contributed by atoms with Gasteiger partial charge in [-0.2, -0.15) is 0 Å². The molecule has 1 unspecified atom stereocenters. The van der Waals surface area contributed by atoms with Crippen molar-refractivity contribution in [3.63, 3.8) is 0 Å². The van der Waals surface area contributed by atoms with Crippen molar-refractivity contribution in [2.75, 3.05) is 12.4 Å². The smallest absolute Gasteiger partial charge is 0.267 e. The Kier molecular flexibility index (Phi) is 7.27. The maximum absolute atomic E-state index is 13.1. The van der Waals surface area contributed by atoms with Gasteiger partial charge in [0.2, 0.25) is 0 Å². The highest BCUT2D eigenvalue weighted by molar-refractivity contribution is 7.82. The van der Waals surface area contributed by atoms with Crippen molar-refractivity contribution in [2.45, 2.75) is 38.8 Å². The summed E-state index contributed by atoms with van der Waals surface area (Å²) in [4.78, 5) is 20.9. The monoisotopic (exact) mass is 464 g/mol. The number of carbonyl (C=O) groups excluding carboxylic acids is 1. The summed E-state index contributed by atoms with van der Waals surface area (Å²) in [5, 5.41) is 9.80. The van der Waals surface area contributed by atoms with E-state index in [0.29, 0.717) is 24.4 Å². The molecule has 2 aromatic heterocycles. The van der Waals surface area contributed by atoms with Crippen LogP contribution in [0.25, 0.3) is 22.4 Å². The molecule has 0 radical (unpaired) electrons. The molecule has 1 aromatic carbocycles. The predicted octanol–water partition coefficient (Wildman–Crippen LogP) is 3.61. The third-order valence-corrected chi connectivity index (χ3v) is 7.42. The normalized spacial score (nSPS) is 16.5. The van der Waals surface area contributed by atoms with Crippen LogP contribution in [0.15, 0.2) is 54.9 Å². The molecule has 0 aliphatic carbocycles. The second kappa shape index (κ2) is 10.3. The average molecular weight is 465 g/mol. The third-order valence-electron chi connectivity index (χ3n) is 5.87. The Morgan fingerprint density at radius 2 is 2.00 bits per heavy atom. The fourth-order valence-corrected chi connectivity index (χ4v) is 5.82. The van der Waals surface area contributed by atoms with Crippen molar-refractivity contribution in [1.29, 1.82) is 0 Å². The van der Waals surface area contributed by atoms with Crippen molar-refractivity contribution >= 4 is 16.9 Å². The van der Waals surface area contributed by atoms with Gasteiger partial charge in [-0.25, -0.2) is 13.5 Å². The number of hydrogen-bond acceptors (Lipinski definition) is 5. The van der Waals surface area contributed by atoms with Crippen molar-refractivity contribution in [2.24, 2.45) is 5.73 Å². The molecule has 4 rings (SSSR count). The first-order valence-corrected chi connectivity index (χ1v) is 12.4. The van der Waals surface area contributed by atoms with Crippen LogP contribution in [0, 0.1) is 0 Å². The molecule has 3 aromatic rings. The molecule has 33 heavy (non-hydrogen) atoms. The van der Waals surface area contributed by atoms with E-state index in [-0.39, 0.29) is 18.3 Å². The minimum atomic E-state index is -1.20. The number of primary amides is 1. The van der Waals surface area contributed by atoms with Crippen LogP contribution in [0.5, 0.6) is 0 Å². The van der Waals surface area contributed by atoms with Crippen LogP contribution >= 0.6 is 0 Å². The largest absolute Gasteiger partial charge is 0.396 e. The molecule has 0 saturated carbocycles. The van der Waals surface area contributed by atoms with Gasteiger partial charge < -0.3 is 10.8 Å².